The average molecular weight is 493 g/mol. The summed E-state index contributed by atoms with van der Waals surface area (Å²) >= 11 is 7.81. The maximum absolute atomic E-state index is 12.4. The lowest BCUT2D eigenvalue weighted by atomic mass is 9.86. The van der Waals surface area contributed by atoms with Crippen molar-refractivity contribution in [3.63, 3.8) is 0 Å². The molecule has 0 amide bonds. The maximum atomic E-state index is 12.4. The van der Waals surface area contributed by atoms with Gasteiger partial charge in [-0.2, -0.15) is 0 Å². The fourth-order valence-corrected chi connectivity index (χ4v) is 6.73. The molecule has 3 aromatic rings. The molecule has 2 saturated carbocycles. The highest BCUT2D eigenvalue weighted by Gasteiger charge is 2.28. The molecule has 0 atom stereocenters. The molecule has 0 unspecified atom stereocenters. The third-order valence-electron chi connectivity index (χ3n) is 6.26. The van der Waals surface area contributed by atoms with Crippen molar-refractivity contribution in [1.82, 2.24) is 9.71 Å². The van der Waals surface area contributed by atoms with Gasteiger partial charge in [-0.15, -0.1) is 11.3 Å². The number of aromatic nitrogens is 1. The van der Waals surface area contributed by atoms with E-state index in [0.29, 0.717) is 16.7 Å². The Labute approximate surface area is 196 Å². The molecule has 2 aliphatic carbocycles. The number of benzene rings is 1. The molecule has 0 spiro atoms. The fourth-order valence-electron chi connectivity index (χ4n) is 4.21. The second-order valence-corrected chi connectivity index (χ2v) is 11.7. The Hall–Kier alpha value is -1.94. The van der Waals surface area contributed by atoms with Crippen LogP contribution in [0.3, 0.4) is 0 Å². The molecule has 5 rings (SSSR count). The van der Waals surface area contributed by atoms with E-state index in [1.165, 1.54) is 6.07 Å². The van der Waals surface area contributed by atoms with Crippen molar-refractivity contribution in [2.24, 2.45) is 10.7 Å². The molecule has 0 bridgehead atoms. The van der Waals surface area contributed by atoms with Crippen molar-refractivity contribution in [3.05, 3.63) is 46.1 Å². The third kappa shape index (κ3) is 4.57. The van der Waals surface area contributed by atoms with Gasteiger partial charge in [0.2, 0.25) is 5.09 Å². The van der Waals surface area contributed by atoms with Crippen molar-refractivity contribution in [3.8, 4) is 0 Å². The normalized spacial score (nSPS) is 22.8. The minimum atomic E-state index is -3.66. The zero-order valence-electron chi connectivity index (χ0n) is 17.5. The first-order valence-electron chi connectivity index (χ1n) is 10.9. The minimum Gasteiger partial charge on any atom is -0.440 e. The number of hydrogen-bond donors (Lipinski definition) is 2. The number of nitrogens with zero attached hydrogens (tertiary/aromatic N) is 2. The number of thiazole rings is 1. The first-order valence-corrected chi connectivity index (χ1v) is 13.6. The molecule has 3 N–H and O–H groups in total. The van der Waals surface area contributed by atoms with Crippen LogP contribution in [0.2, 0.25) is 5.02 Å². The van der Waals surface area contributed by atoms with Crippen LogP contribution in [0.15, 0.2) is 44.8 Å². The van der Waals surface area contributed by atoms with E-state index in [0.717, 1.165) is 60.2 Å². The molecule has 2 heterocycles. The van der Waals surface area contributed by atoms with Gasteiger partial charge in [0.05, 0.1) is 21.3 Å². The molecule has 2 fully saturated rings. The minimum absolute atomic E-state index is 0.00200. The number of aliphatic imine (C=N–C) groups is 1. The van der Waals surface area contributed by atoms with Gasteiger partial charge in [-0.25, -0.2) is 18.1 Å². The van der Waals surface area contributed by atoms with Gasteiger partial charge in [-0.3, -0.25) is 4.99 Å². The smallest absolute Gasteiger partial charge is 0.274 e. The van der Waals surface area contributed by atoms with Gasteiger partial charge >= 0.3 is 0 Å². The van der Waals surface area contributed by atoms with Crippen LogP contribution in [0.4, 0.5) is 0 Å². The largest absolute Gasteiger partial charge is 0.440 e. The molecule has 1 aromatic carbocycles. The zero-order chi connectivity index (χ0) is 22.3. The van der Waals surface area contributed by atoms with Crippen LogP contribution in [-0.2, 0) is 10.0 Å². The summed E-state index contributed by atoms with van der Waals surface area (Å²) in [5.41, 5.74) is 7.11. The molecule has 170 valence electrons. The standard InChI is InChI=1S/C22H25ClN4O3S2/c23-14-6-10-19-17(12-14)26-22(31-19)13-4-7-15(8-5-13)25-21(24)18-9-11-20(30-18)32(28,29)27-16-2-1-3-16/h6,9-13,15-16,27H,1-5,7-8H2,(H2,24,25). The molecule has 0 radical (unpaired) electrons. The van der Waals surface area contributed by atoms with Gasteiger partial charge in [0.15, 0.2) is 11.6 Å². The lowest BCUT2D eigenvalue weighted by molar-refractivity contribution is 0.373. The van der Waals surface area contributed by atoms with E-state index >= 15 is 0 Å². The van der Waals surface area contributed by atoms with E-state index < -0.39 is 10.0 Å². The van der Waals surface area contributed by atoms with Crippen molar-refractivity contribution >= 4 is 49.0 Å². The molecule has 32 heavy (non-hydrogen) atoms. The average Bonchev–Trinajstić information content (AvgIpc) is 3.39. The summed E-state index contributed by atoms with van der Waals surface area (Å²) in [4.78, 5) is 9.41. The molecule has 7 nitrogen and oxygen atoms in total. The number of fused-ring (bicyclic) bond motifs is 1. The van der Waals surface area contributed by atoms with Crippen molar-refractivity contribution < 1.29 is 12.8 Å². The van der Waals surface area contributed by atoms with Crippen LogP contribution in [0, 0.1) is 0 Å². The van der Waals surface area contributed by atoms with Gasteiger partial charge in [0.1, 0.15) is 0 Å². The summed E-state index contributed by atoms with van der Waals surface area (Å²) in [6, 6.07) is 8.94. The molecule has 2 aromatic heterocycles. The molecular weight excluding hydrogens is 468 g/mol. The lowest BCUT2D eigenvalue weighted by Crippen LogP contribution is -2.39. The Kier molecular flexibility index (Phi) is 6.00. The van der Waals surface area contributed by atoms with Crippen molar-refractivity contribution in [2.75, 3.05) is 0 Å². The first-order chi connectivity index (χ1) is 15.4. The van der Waals surface area contributed by atoms with Crippen molar-refractivity contribution in [1.29, 1.82) is 0 Å². The highest BCUT2D eigenvalue weighted by Crippen LogP contribution is 2.38. The number of nitrogens with one attached hydrogen (secondary N) is 1. The Bertz CT molecular complexity index is 1260. The molecule has 0 aliphatic heterocycles. The number of amidine groups is 1. The zero-order valence-corrected chi connectivity index (χ0v) is 19.8. The Morgan fingerprint density at radius 1 is 1.16 bits per heavy atom. The van der Waals surface area contributed by atoms with Crippen LogP contribution >= 0.6 is 22.9 Å². The topological polar surface area (TPSA) is 111 Å². The van der Waals surface area contributed by atoms with Gasteiger partial charge in [0.25, 0.3) is 10.0 Å². The van der Waals surface area contributed by atoms with Crippen LogP contribution in [-0.4, -0.2) is 31.3 Å². The highest BCUT2D eigenvalue weighted by molar-refractivity contribution is 7.89. The van der Waals surface area contributed by atoms with Gasteiger partial charge in [-0.1, -0.05) is 18.0 Å². The third-order valence-corrected chi connectivity index (χ3v) is 9.09. The predicted octanol–water partition coefficient (Wildman–Crippen LogP) is 4.81. The van der Waals surface area contributed by atoms with Crippen LogP contribution in [0.1, 0.15) is 61.6 Å². The van der Waals surface area contributed by atoms with E-state index in [2.05, 4.69) is 9.71 Å². The van der Waals surface area contributed by atoms with Gasteiger partial charge in [0, 0.05) is 17.0 Å². The van der Waals surface area contributed by atoms with Gasteiger partial charge < -0.3 is 10.2 Å². The number of hydrogen-bond acceptors (Lipinski definition) is 6. The van der Waals surface area contributed by atoms with E-state index in [4.69, 9.17) is 26.7 Å². The lowest BCUT2D eigenvalue weighted by Gasteiger charge is -2.25. The van der Waals surface area contributed by atoms with E-state index in [1.54, 1.807) is 17.4 Å². The summed E-state index contributed by atoms with van der Waals surface area (Å²) in [5, 5.41) is 1.74. The number of furan rings is 1. The van der Waals surface area contributed by atoms with Crippen LogP contribution in [0.25, 0.3) is 10.2 Å². The summed E-state index contributed by atoms with van der Waals surface area (Å²) in [7, 11) is -3.66. The highest BCUT2D eigenvalue weighted by atomic mass is 35.5. The van der Waals surface area contributed by atoms with Gasteiger partial charge in [-0.05, 0) is 68.9 Å². The fraction of sp³-hybridized carbons (Fsp3) is 0.455. The number of halogens is 1. The van der Waals surface area contributed by atoms with E-state index in [9.17, 15) is 8.42 Å². The summed E-state index contributed by atoms with van der Waals surface area (Å²) in [6.07, 6.45) is 6.55. The monoisotopic (exact) mass is 492 g/mol. The number of sulfonamides is 1. The quantitative estimate of drug-likeness (QED) is 0.379. The second kappa shape index (κ2) is 8.78. The number of rotatable bonds is 6. The molecular formula is C22H25ClN4O3S2. The maximum Gasteiger partial charge on any atom is 0.274 e. The van der Waals surface area contributed by atoms with E-state index in [1.807, 2.05) is 18.2 Å². The SMILES string of the molecule is NC(=NC1CCC(c2nc3cc(Cl)ccc3s2)CC1)c1ccc(S(=O)(=O)NC2CCC2)o1. The predicted molar refractivity (Wildman–Crippen MR) is 127 cm³/mol. The molecule has 0 saturated heterocycles. The van der Waals surface area contributed by atoms with Crippen molar-refractivity contribution in [2.45, 2.75) is 68.0 Å². The first kappa shape index (κ1) is 21.9. The summed E-state index contributed by atoms with van der Waals surface area (Å²) in [5.74, 6) is 0.953. The van der Waals surface area contributed by atoms with Crippen LogP contribution in [0.5, 0.6) is 0 Å². The summed E-state index contributed by atoms with van der Waals surface area (Å²) in [6.45, 7) is 0. The second-order valence-electron chi connectivity index (χ2n) is 8.55. The van der Waals surface area contributed by atoms with E-state index in [-0.39, 0.29) is 23.0 Å². The number of nitrogens with two attached hydrogens (primary N) is 1. The molecule has 2 aliphatic rings. The molecule has 10 heteroatoms. The Balaban J connectivity index is 1.22. The Morgan fingerprint density at radius 2 is 1.94 bits per heavy atom. The van der Waals surface area contributed by atoms with Crippen LogP contribution < -0.4 is 10.5 Å². The Morgan fingerprint density at radius 3 is 2.66 bits per heavy atom. The summed E-state index contributed by atoms with van der Waals surface area (Å²) < 4.78 is 34.2.